The van der Waals surface area contributed by atoms with E-state index in [9.17, 15) is 4.79 Å². The second-order valence-electron chi connectivity index (χ2n) is 4.44. The van der Waals surface area contributed by atoms with Crippen molar-refractivity contribution < 1.29 is 14.3 Å². The zero-order valence-electron chi connectivity index (χ0n) is 11.5. The molecule has 0 aliphatic carbocycles. The van der Waals surface area contributed by atoms with E-state index in [0.29, 0.717) is 18.8 Å². The van der Waals surface area contributed by atoms with Crippen molar-refractivity contribution in [1.82, 2.24) is 0 Å². The van der Waals surface area contributed by atoms with E-state index in [1.54, 1.807) is 19.1 Å². The molecule has 0 saturated heterocycles. The van der Waals surface area contributed by atoms with Gasteiger partial charge in [0.15, 0.2) is 5.78 Å². The van der Waals surface area contributed by atoms with E-state index in [0.717, 1.165) is 17.9 Å². The number of para-hydroxylation sites is 1. The molecule has 0 atom stereocenters. The Labute approximate surface area is 119 Å². The maximum Gasteiger partial charge on any atom is 0.159 e. The van der Waals surface area contributed by atoms with Crippen LogP contribution in [0.1, 0.15) is 23.7 Å². The predicted molar refractivity (Wildman–Crippen MR) is 78.5 cm³/mol. The van der Waals surface area contributed by atoms with Gasteiger partial charge in [0.2, 0.25) is 0 Å². The third-order valence-corrected chi connectivity index (χ3v) is 2.83. The van der Waals surface area contributed by atoms with Gasteiger partial charge in [-0.2, -0.15) is 0 Å². The molecule has 0 N–H and O–H groups in total. The number of hydrogen-bond donors (Lipinski definition) is 0. The van der Waals surface area contributed by atoms with Gasteiger partial charge in [-0.25, -0.2) is 0 Å². The minimum absolute atomic E-state index is 0.0628. The summed E-state index contributed by atoms with van der Waals surface area (Å²) in [5, 5.41) is 0. The first-order chi connectivity index (χ1) is 9.75. The van der Waals surface area contributed by atoms with Crippen LogP contribution < -0.4 is 9.47 Å². The topological polar surface area (TPSA) is 35.5 Å². The lowest BCUT2D eigenvalue weighted by molar-refractivity contribution is 0.101. The molecule has 0 aliphatic heterocycles. The third-order valence-electron chi connectivity index (χ3n) is 2.83. The smallest absolute Gasteiger partial charge is 0.159 e. The Balaban J connectivity index is 1.67. The van der Waals surface area contributed by atoms with Gasteiger partial charge in [0.1, 0.15) is 11.5 Å². The molecule has 0 aliphatic rings. The van der Waals surface area contributed by atoms with Crippen LogP contribution in [0.3, 0.4) is 0 Å². The molecule has 104 valence electrons. The number of carbonyl (C=O) groups excluding carboxylic acids is 1. The molecule has 20 heavy (non-hydrogen) atoms. The summed E-state index contributed by atoms with van der Waals surface area (Å²) in [4.78, 5) is 11.1. The molecule has 2 aromatic rings. The quantitative estimate of drug-likeness (QED) is 0.568. The van der Waals surface area contributed by atoms with Gasteiger partial charge in [-0.3, -0.25) is 4.79 Å². The summed E-state index contributed by atoms with van der Waals surface area (Å²) in [6, 6.07) is 16.9. The van der Waals surface area contributed by atoms with E-state index in [1.807, 2.05) is 42.5 Å². The molecule has 0 unspecified atom stereocenters. The Morgan fingerprint density at radius 2 is 1.40 bits per heavy atom. The van der Waals surface area contributed by atoms with Crippen LogP contribution >= 0.6 is 0 Å². The molecule has 0 bridgehead atoms. The molecule has 0 heterocycles. The average molecular weight is 270 g/mol. The summed E-state index contributed by atoms with van der Waals surface area (Å²) in [5.74, 6) is 1.71. The van der Waals surface area contributed by atoms with E-state index in [-0.39, 0.29) is 5.78 Å². The largest absolute Gasteiger partial charge is 0.493 e. The summed E-state index contributed by atoms with van der Waals surface area (Å²) in [5.41, 5.74) is 0.699. The number of ketones is 1. The Morgan fingerprint density at radius 1 is 0.850 bits per heavy atom. The van der Waals surface area contributed by atoms with Crippen molar-refractivity contribution in [3.63, 3.8) is 0 Å². The molecular formula is C17H18O3. The third kappa shape index (κ3) is 4.43. The minimum Gasteiger partial charge on any atom is -0.493 e. The normalized spacial score (nSPS) is 10.1. The van der Waals surface area contributed by atoms with Gasteiger partial charge in [0.25, 0.3) is 0 Å². The number of Topliss-reactive ketones (excluding diaryl/α,β-unsaturated/α-hetero) is 1. The Bertz CT molecular complexity index is 532. The Kier molecular flexibility index (Phi) is 5.18. The SMILES string of the molecule is CC(=O)c1ccc(OCCCOc2ccccc2)cc1. The van der Waals surface area contributed by atoms with Crippen LogP contribution in [0.5, 0.6) is 11.5 Å². The lowest BCUT2D eigenvalue weighted by Gasteiger charge is -2.08. The molecule has 2 aromatic carbocycles. The zero-order chi connectivity index (χ0) is 14.2. The summed E-state index contributed by atoms with van der Waals surface area (Å²) in [7, 11) is 0. The van der Waals surface area contributed by atoms with E-state index < -0.39 is 0 Å². The van der Waals surface area contributed by atoms with Gasteiger partial charge >= 0.3 is 0 Å². The van der Waals surface area contributed by atoms with Crippen molar-refractivity contribution in [3.05, 3.63) is 60.2 Å². The second kappa shape index (κ2) is 7.34. The first kappa shape index (κ1) is 14.1. The van der Waals surface area contributed by atoms with E-state index in [1.165, 1.54) is 0 Å². The van der Waals surface area contributed by atoms with E-state index in [4.69, 9.17) is 9.47 Å². The first-order valence-corrected chi connectivity index (χ1v) is 6.67. The van der Waals surface area contributed by atoms with Crippen LogP contribution in [0, 0.1) is 0 Å². The van der Waals surface area contributed by atoms with Crippen LogP contribution in [0.2, 0.25) is 0 Å². The Morgan fingerprint density at radius 3 is 1.95 bits per heavy atom. The minimum atomic E-state index is 0.0628. The first-order valence-electron chi connectivity index (χ1n) is 6.67. The van der Waals surface area contributed by atoms with E-state index in [2.05, 4.69) is 0 Å². The van der Waals surface area contributed by atoms with Gasteiger partial charge < -0.3 is 9.47 Å². The summed E-state index contributed by atoms with van der Waals surface area (Å²) in [6.07, 6.45) is 0.809. The molecular weight excluding hydrogens is 252 g/mol. The fourth-order valence-electron chi connectivity index (χ4n) is 1.74. The lowest BCUT2D eigenvalue weighted by atomic mass is 10.1. The monoisotopic (exact) mass is 270 g/mol. The fourth-order valence-corrected chi connectivity index (χ4v) is 1.74. The van der Waals surface area contributed by atoms with E-state index >= 15 is 0 Å². The van der Waals surface area contributed by atoms with Crippen molar-refractivity contribution in [2.75, 3.05) is 13.2 Å². The fraction of sp³-hybridized carbons (Fsp3) is 0.235. The highest BCUT2D eigenvalue weighted by Gasteiger charge is 1.99. The summed E-state index contributed by atoms with van der Waals surface area (Å²) >= 11 is 0. The molecule has 0 aromatic heterocycles. The lowest BCUT2D eigenvalue weighted by Crippen LogP contribution is -2.05. The number of rotatable bonds is 7. The summed E-state index contributed by atoms with van der Waals surface area (Å²) in [6.45, 7) is 2.76. The maximum atomic E-state index is 11.1. The second-order valence-corrected chi connectivity index (χ2v) is 4.44. The predicted octanol–water partition coefficient (Wildman–Crippen LogP) is 3.74. The van der Waals surface area contributed by atoms with Crippen LogP contribution in [0.4, 0.5) is 0 Å². The highest BCUT2D eigenvalue weighted by molar-refractivity contribution is 5.94. The van der Waals surface area contributed by atoms with Gasteiger partial charge in [0, 0.05) is 12.0 Å². The molecule has 0 radical (unpaired) electrons. The van der Waals surface area contributed by atoms with Gasteiger partial charge in [-0.15, -0.1) is 0 Å². The highest BCUT2D eigenvalue weighted by atomic mass is 16.5. The standard InChI is InChI=1S/C17H18O3/c1-14(18)15-8-10-17(11-9-15)20-13-5-12-19-16-6-3-2-4-7-16/h2-4,6-11H,5,12-13H2,1H3. The van der Waals surface area contributed by atoms with Crippen LogP contribution in [0.15, 0.2) is 54.6 Å². The average Bonchev–Trinajstić information content (AvgIpc) is 2.48. The molecule has 0 saturated carbocycles. The van der Waals surface area contributed by atoms with Crippen molar-refractivity contribution >= 4 is 5.78 Å². The van der Waals surface area contributed by atoms with Gasteiger partial charge in [-0.1, -0.05) is 18.2 Å². The van der Waals surface area contributed by atoms with Crippen molar-refractivity contribution in [2.45, 2.75) is 13.3 Å². The molecule has 3 heteroatoms. The summed E-state index contributed by atoms with van der Waals surface area (Å²) < 4.78 is 11.2. The van der Waals surface area contributed by atoms with Crippen molar-refractivity contribution in [2.24, 2.45) is 0 Å². The van der Waals surface area contributed by atoms with Crippen LogP contribution in [0.25, 0.3) is 0 Å². The molecule has 3 nitrogen and oxygen atoms in total. The number of hydrogen-bond acceptors (Lipinski definition) is 3. The zero-order valence-corrected chi connectivity index (χ0v) is 11.5. The van der Waals surface area contributed by atoms with Gasteiger partial charge in [0.05, 0.1) is 13.2 Å². The van der Waals surface area contributed by atoms with Crippen LogP contribution in [-0.4, -0.2) is 19.0 Å². The molecule has 0 amide bonds. The number of ether oxygens (including phenoxy) is 2. The Hall–Kier alpha value is -2.29. The van der Waals surface area contributed by atoms with Crippen molar-refractivity contribution in [1.29, 1.82) is 0 Å². The highest BCUT2D eigenvalue weighted by Crippen LogP contribution is 2.13. The number of carbonyl (C=O) groups is 1. The van der Waals surface area contributed by atoms with Gasteiger partial charge in [-0.05, 0) is 43.3 Å². The maximum absolute atomic E-state index is 11.1. The van der Waals surface area contributed by atoms with Crippen molar-refractivity contribution in [3.8, 4) is 11.5 Å². The molecule has 2 rings (SSSR count). The molecule has 0 fully saturated rings. The number of benzene rings is 2. The molecule has 0 spiro atoms. The van der Waals surface area contributed by atoms with Crippen LogP contribution in [-0.2, 0) is 0 Å².